The van der Waals surface area contributed by atoms with Crippen molar-refractivity contribution in [3.63, 3.8) is 0 Å². The van der Waals surface area contributed by atoms with Crippen molar-refractivity contribution >= 4 is 23.2 Å². The number of hydrogen-bond acceptors (Lipinski definition) is 2. The van der Waals surface area contributed by atoms with Crippen LogP contribution in [0.4, 0.5) is 0 Å². The van der Waals surface area contributed by atoms with Crippen molar-refractivity contribution < 1.29 is 0 Å². The Labute approximate surface area is 142 Å². The average molecular weight is 335 g/mol. The van der Waals surface area contributed by atoms with Crippen molar-refractivity contribution in [1.82, 2.24) is 10.2 Å². The minimum atomic E-state index is 0.219. The Balaban J connectivity index is 2.03. The number of halogens is 2. The van der Waals surface area contributed by atoms with E-state index in [0.29, 0.717) is 10.0 Å². The average Bonchev–Trinajstić information content (AvgIpc) is 2.52. The summed E-state index contributed by atoms with van der Waals surface area (Å²) in [5.41, 5.74) is 3.78. The number of hydrogen-bond donors (Lipinski definition) is 1. The van der Waals surface area contributed by atoms with Gasteiger partial charge in [-0.25, -0.2) is 0 Å². The fourth-order valence-electron chi connectivity index (χ4n) is 3.08. The molecule has 1 unspecified atom stereocenters. The van der Waals surface area contributed by atoms with Crippen molar-refractivity contribution in [2.75, 3.05) is 26.2 Å². The summed E-state index contributed by atoms with van der Waals surface area (Å²) in [6, 6.07) is 14.9. The van der Waals surface area contributed by atoms with Crippen LogP contribution in [0, 0.1) is 6.92 Å². The molecule has 0 amide bonds. The van der Waals surface area contributed by atoms with Crippen molar-refractivity contribution in [3.8, 4) is 0 Å². The maximum atomic E-state index is 6.25. The highest BCUT2D eigenvalue weighted by Gasteiger charge is 2.24. The molecule has 2 nitrogen and oxygen atoms in total. The van der Waals surface area contributed by atoms with E-state index in [0.717, 1.165) is 26.2 Å². The highest BCUT2D eigenvalue weighted by Crippen LogP contribution is 2.33. The zero-order valence-corrected chi connectivity index (χ0v) is 14.2. The molecule has 4 heteroatoms. The minimum Gasteiger partial charge on any atom is -0.314 e. The Bertz CT molecular complexity index is 651. The van der Waals surface area contributed by atoms with Gasteiger partial charge in [-0.15, -0.1) is 0 Å². The minimum absolute atomic E-state index is 0.219. The van der Waals surface area contributed by atoms with Gasteiger partial charge in [0, 0.05) is 26.2 Å². The second-order valence-corrected chi connectivity index (χ2v) is 6.59. The largest absolute Gasteiger partial charge is 0.314 e. The van der Waals surface area contributed by atoms with E-state index in [2.05, 4.69) is 47.5 Å². The summed E-state index contributed by atoms with van der Waals surface area (Å²) in [5, 5.41) is 4.64. The van der Waals surface area contributed by atoms with E-state index in [1.807, 2.05) is 12.1 Å². The van der Waals surface area contributed by atoms with Crippen molar-refractivity contribution in [2.24, 2.45) is 0 Å². The number of rotatable bonds is 3. The van der Waals surface area contributed by atoms with Crippen LogP contribution < -0.4 is 5.32 Å². The summed E-state index contributed by atoms with van der Waals surface area (Å²) in [6.07, 6.45) is 0. The van der Waals surface area contributed by atoms with Gasteiger partial charge in [0.15, 0.2) is 0 Å². The summed E-state index contributed by atoms with van der Waals surface area (Å²) in [7, 11) is 0. The van der Waals surface area contributed by atoms with Crippen LogP contribution in [-0.2, 0) is 0 Å². The first-order chi connectivity index (χ1) is 10.6. The molecule has 0 radical (unpaired) electrons. The molecule has 0 aliphatic carbocycles. The second-order valence-electron chi connectivity index (χ2n) is 5.78. The highest BCUT2D eigenvalue weighted by molar-refractivity contribution is 6.42. The van der Waals surface area contributed by atoms with E-state index in [4.69, 9.17) is 23.2 Å². The molecular weight excluding hydrogens is 315 g/mol. The predicted octanol–water partition coefficient (Wildman–Crippen LogP) is 4.30. The molecule has 1 N–H and O–H groups in total. The lowest BCUT2D eigenvalue weighted by molar-refractivity contribution is 0.198. The summed E-state index contributed by atoms with van der Waals surface area (Å²) in [5.74, 6) is 0. The fraction of sp³-hybridized carbons (Fsp3) is 0.333. The van der Waals surface area contributed by atoms with Gasteiger partial charge in [-0.05, 0) is 30.2 Å². The zero-order valence-electron chi connectivity index (χ0n) is 12.7. The SMILES string of the molecule is Cc1cccc(C(c2ccc(Cl)c(Cl)c2)N2CCNCC2)c1. The van der Waals surface area contributed by atoms with Crippen molar-refractivity contribution in [1.29, 1.82) is 0 Å². The number of piperazine rings is 1. The Hall–Kier alpha value is -1.06. The molecule has 116 valence electrons. The summed E-state index contributed by atoms with van der Waals surface area (Å²) in [6.45, 7) is 6.22. The molecule has 3 rings (SSSR count). The predicted molar refractivity (Wildman–Crippen MR) is 93.9 cm³/mol. The van der Waals surface area contributed by atoms with Crippen LogP contribution >= 0.6 is 23.2 Å². The molecule has 1 atom stereocenters. The second kappa shape index (κ2) is 7.01. The van der Waals surface area contributed by atoms with Gasteiger partial charge in [0.05, 0.1) is 16.1 Å². The normalized spacial score (nSPS) is 17.4. The van der Waals surface area contributed by atoms with Gasteiger partial charge in [-0.2, -0.15) is 0 Å². The fourth-order valence-corrected chi connectivity index (χ4v) is 3.38. The molecule has 0 spiro atoms. The summed E-state index contributed by atoms with van der Waals surface area (Å²) >= 11 is 12.3. The lowest BCUT2D eigenvalue weighted by Gasteiger charge is -2.35. The number of benzene rings is 2. The molecule has 1 fully saturated rings. The molecule has 1 saturated heterocycles. The molecule has 1 aliphatic heterocycles. The van der Waals surface area contributed by atoms with Crippen LogP contribution in [0.1, 0.15) is 22.7 Å². The third kappa shape index (κ3) is 3.47. The quantitative estimate of drug-likeness (QED) is 0.900. The summed E-state index contributed by atoms with van der Waals surface area (Å²) < 4.78 is 0. The van der Waals surface area contributed by atoms with Gasteiger partial charge in [-0.3, -0.25) is 4.90 Å². The topological polar surface area (TPSA) is 15.3 Å². The first-order valence-corrected chi connectivity index (χ1v) is 8.37. The van der Waals surface area contributed by atoms with E-state index in [-0.39, 0.29) is 6.04 Å². The first-order valence-electron chi connectivity index (χ1n) is 7.61. The third-order valence-corrected chi connectivity index (χ3v) is 4.87. The summed E-state index contributed by atoms with van der Waals surface area (Å²) in [4.78, 5) is 2.50. The van der Waals surface area contributed by atoms with Crippen LogP contribution in [0.5, 0.6) is 0 Å². The smallest absolute Gasteiger partial charge is 0.0603 e. The van der Waals surface area contributed by atoms with Crippen molar-refractivity contribution in [2.45, 2.75) is 13.0 Å². The van der Waals surface area contributed by atoms with Crippen LogP contribution in [0.25, 0.3) is 0 Å². The van der Waals surface area contributed by atoms with Crippen LogP contribution in [0.2, 0.25) is 10.0 Å². The van der Waals surface area contributed by atoms with Crippen molar-refractivity contribution in [3.05, 3.63) is 69.2 Å². The van der Waals surface area contributed by atoms with E-state index in [1.54, 1.807) is 0 Å². The van der Waals surface area contributed by atoms with Crippen LogP contribution in [-0.4, -0.2) is 31.1 Å². The van der Waals surface area contributed by atoms with Gasteiger partial charge in [0.2, 0.25) is 0 Å². The molecule has 0 aromatic heterocycles. The number of nitrogens with zero attached hydrogens (tertiary/aromatic N) is 1. The Morgan fingerprint density at radius 2 is 1.68 bits per heavy atom. The maximum Gasteiger partial charge on any atom is 0.0603 e. The molecule has 22 heavy (non-hydrogen) atoms. The van der Waals surface area contributed by atoms with Crippen LogP contribution in [0.15, 0.2) is 42.5 Å². The Morgan fingerprint density at radius 1 is 0.955 bits per heavy atom. The third-order valence-electron chi connectivity index (χ3n) is 4.13. The number of aryl methyl sites for hydroxylation is 1. The molecular formula is C18H20Cl2N2. The lowest BCUT2D eigenvalue weighted by Crippen LogP contribution is -2.45. The maximum absolute atomic E-state index is 6.25. The molecule has 2 aromatic carbocycles. The monoisotopic (exact) mass is 334 g/mol. The molecule has 0 saturated carbocycles. The Kier molecular flexibility index (Phi) is 5.04. The lowest BCUT2D eigenvalue weighted by atomic mass is 9.95. The van der Waals surface area contributed by atoms with Gasteiger partial charge >= 0.3 is 0 Å². The van der Waals surface area contributed by atoms with Crippen LogP contribution in [0.3, 0.4) is 0 Å². The van der Waals surface area contributed by atoms with E-state index < -0.39 is 0 Å². The molecule has 1 aliphatic rings. The van der Waals surface area contributed by atoms with Gasteiger partial charge in [0.1, 0.15) is 0 Å². The van der Waals surface area contributed by atoms with E-state index >= 15 is 0 Å². The van der Waals surface area contributed by atoms with Gasteiger partial charge < -0.3 is 5.32 Å². The van der Waals surface area contributed by atoms with E-state index in [1.165, 1.54) is 16.7 Å². The van der Waals surface area contributed by atoms with Gasteiger partial charge in [0.25, 0.3) is 0 Å². The Morgan fingerprint density at radius 3 is 2.36 bits per heavy atom. The van der Waals surface area contributed by atoms with E-state index in [9.17, 15) is 0 Å². The van der Waals surface area contributed by atoms with Gasteiger partial charge in [-0.1, -0.05) is 59.1 Å². The number of nitrogens with one attached hydrogen (secondary N) is 1. The molecule has 0 bridgehead atoms. The standard InChI is InChI=1S/C18H20Cl2N2/c1-13-3-2-4-14(11-13)18(22-9-7-21-8-10-22)15-5-6-16(19)17(20)12-15/h2-6,11-12,18,21H,7-10H2,1H3. The zero-order chi connectivity index (χ0) is 15.5. The molecule has 2 aromatic rings. The molecule has 1 heterocycles. The highest BCUT2D eigenvalue weighted by atomic mass is 35.5. The first kappa shape index (κ1) is 15.8.